The number of aryl methyl sites for hydroxylation is 1. The average Bonchev–Trinajstić information content (AvgIpc) is 3.57. The Morgan fingerprint density at radius 1 is 1.07 bits per heavy atom. The topological polar surface area (TPSA) is 68.4 Å². The summed E-state index contributed by atoms with van der Waals surface area (Å²) in [5.74, 6) is -0.348. The first-order valence-electron chi connectivity index (χ1n) is 12.9. The van der Waals surface area contributed by atoms with Crippen molar-refractivity contribution < 1.29 is 26.5 Å². The van der Waals surface area contributed by atoms with Crippen molar-refractivity contribution in [3.8, 4) is 5.69 Å². The molecule has 214 valence electrons. The van der Waals surface area contributed by atoms with E-state index in [1.807, 2.05) is 24.0 Å². The van der Waals surface area contributed by atoms with Crippen LogP contribution in [-0.2, 0) is 22.3 Å². The van der Waals surface area contributed by atoms with Crippen LogP contribution in [-0.4, -0.2) is 79.0 Å². The fourth-order valence-electron chi connectivity index (χ4n) is 5.01. The van der Waals surface area contributed by atoms with E-state index in [0.29, 0.717) is 36.8 Å². The molecule has 2 aromatic heterocycles. The summed E-state index contributed by atoms with van der Waals surface area (Å²) in [4.78, 5) is 2.35. The van der Waals surface area contributed by atoms with E-state index in [9.17, 15) is 21.8 Å². The fraction of sp³-hybridized carbons (Fsp3) is 0.407. The zero-order valence-electron chi connectivity index (χ0n) is 22.1. The van der Waals surface area contributed by atoms with E-state index in [1.165, 1.54) is 12.1 Å². The first-order chi connectivity index (χ1) is 19.1. The van der Waals surface area contributed by atoms with Crippen LogP contribution in [0.4, 0.5) is 17.6 Å². The first kappa shape index (κ1) is 28.4. The van der Waals surface area contributed by atoms with Crippen molar-refractivity contribution in [1.82, 2.24) is 28.8 Å². The van der Waals surface area contributed by atoms with Crippen LogP contribution in [0, 0.1) is 12.7 Å². The average molecular weight is 579 g/mol. The molecule has 5 rings (SSSR count). The van der Waals surface area contributed by atoms with Crippen molar-refractivity contribution >= 4 is 21.9 Å². The number of piperazine rings is 1. The predicted octanol–water partition coefficient (Wildman–Crippen LogP) is 4.65. The minimum absolute atomic E-state index is 0.157. The molecule has 8 nitrogen and oxygen atoms in total. The summed E-state index contributed by atoms with van der Waals surface area (Å²) in [6.07, 6.45) is -0.257. The van der Waals surface area contributed by atoms with Gasteiger partial charge in [-0.3, -0.25) is 9.58 Å². The van der Waals surface area contributed by atoms with Gasteiger partial charge in [0, 0.05) is 50.9 Å². The molecule has 1 aliphatic rings. The minimum atomic E-state index is -4.28. The van der Waals surface area contributed by atoms with Gasteiger partial charge in [-0.2, -0.15) is 23.4 Å². The number of methoxy groups -OCH3 is 1. The van der Waals surface area contributed by atoms with E-state index >= 15 is 0 Å². The van der Waals surface area contributed by atoms with E-state index in [-0.39, 0.29) is 18.9 Å². The molecule has 0 amide bonds. The van der Waals surface area contributed by atoms with Gasteiger partial charge in [0.05, 0.1) is 48.1 Å². The van der Waals surface area contributed by atoms with Crippen molar-refractivity contribution in [2.24, 2.45) is 0 Å². The zero-order chi connectivity index (χ0) is 28.4. The van der Waals surface area contributed by atoms with Crippen LogP contribution in [0.2, 0.25) is 0 Å². The lowest BCUT2D eigenvalue weighted by Gasteiger charge is -2.41. The van der Waals surface area contributed by atoms with Gasteiger partial charge in [-0.05, 0) is 54.4 Å². The molecule has 1 saturated heterocycles. The van der Waals surface area contributed by atoms with E-state index in [1.54, 1.807) is 51.5 Å². The Balaban J connectivity index is 1.45. The molecule has 0 spiro atoms. The number of ether oxygens (including phenoxy) is 1. The second kappa shape index (κ2) is 11.8. The van der Waals surface area contributed by atoms with Gasteiger partial charge in [0.25, 0.3) is 0 Å². The summed E-state index contributed by atoms with van der Waals surface area (Å²) in [6.45, 7) is 3.71. The summed E-state index contributed by atoms with van der Waals surface area (Å²) in [6, 6.07) is 9.46. The lowest BCUT2D eigenvalue weighted by atomic mass is 9.96. The second-order valence-electron chi connectivity index (χ2n) is 9.79. The van der Waals surface area contributed by atoms with Gasteiger partial charge in [0.2, 0.25) is 0 Å². The van der Waals surface area contributed by atoms with Gasteiger partial charge in [0.1, 0.15) is 16.8 Å². The van der Waals surface area contributed by atoms with Crippen LogP contribution in [0.5, 0.6) is 0 Å². The lowest BCUT2D eigenvalue weighted by molar-refractivity contribution is -0.140. The van der Waals surface area contributed by atoms with Gasteiger partial charge in [-0.1, -0.05) is 0 Å². The molecule has 0 saturated carbocycles. The standard InChI is InChI=1S/C27H30F4N6O2S/c1-19-13-25-20(15-33-37(25)22-5-3-21(28)4-6-22)14-24(19)26-18-36(10-9-34(26)8-7-27(29,30)31)40(38)23-16-32-35(17-23)11-12-39-2/h3-6,13-17,26H,7-12,18H2,1-2H3. The molecule has 2 atom stereocenters. The van der Waals surface area contributed by atoms with Crippen molar-refractivity contribution in [3.05, 3.63) is 71.9 Å². The smallest absolute Gasteiger partial charge is 0.383 e. The summed E-state index contributed by atoms with van der Waals surface area (Å²) in [5, 5.41) is 9.53. The first-order valence-corrected chi connectivity index (χ1v) is 14.0. The van der Waals surface area contributed by atoms with Crippen LogP contribution in [0.15, 0.2) is 59.9 Å². The Bertz CT molecular complexity index is 1490. The third-order valence-electron chi connectivity index (χ3n) is 7.09. The summed E-state index contributed by atoms with van der Waals surface area (Å²) in [5.41, 5.74) is 3.22. The number of rotatable bonds is 9. The molecule has 2 aromatic carbocycles. The highest BCUT2D eigenvalue weighted by Gasteiger charge is 2.35. The molecule has 13 heteroatoms. The SMILES string of the molecule is COCCn1cc(S(=O)N2CCN(CCC(F)(F)F)C(c3cc4cnn(-c5ccc(F)cc5)c4cc3C)C2)cn1. The maximum atomic E-state index is 13.5. The summed E-state index contributed by atoms with van der Waals surface area (Å²) >= 11 is 0. The highest BCUT2D eigenvalue weighted by Crippen LogP contribution is 2.34. The van der Waals surface area contributed by atoms with Crippen LogP contribution in [0.3, 0.4) is 0 Å². The van der Waals surface area contributed by atoms with E-state index < -0.39 is 29.6 Å². The van der Waals surface area contributed by atoms with E-state index in [4.69, 9.17) is 4.74 Å². The highest BCUT2D eigenvalue weighted by molar-refractivity contribution is 7.82. The number of alkyl halides is 3. The molecular formula is C27H30F4N6O2S. The van der Waals surface area contributed by atoms with Crippen molar-refractivity contribution in [2.75, 3.05) is 39.9 Å². The molecule has 3 heterocycles. The van der Waals surface area contributed by atoms with E-state index in [0.717, 1.165) is 22.0 Å². The van der Waals surface area contributed by atoms with E-state index in [2.05, 4.69) is 10.2 Å². The molecule has 1 fully saturated rings. The van der Waals surface area contributed by atoms with Crippen molar-refractivity contribution in [1.29, 1.82) is 0 Å². The number of benzene rings is 2. The normalized spacial score (nSPS) is 18.0. The van der Waals surface area contributed by atoms with Gasteiger partial charge >= 0.3 is 6.18 Å². The Morgan fingerprint density at radius 3 is 2.58 bits per heavy atom. The molecule has 4 aromatic rings. The third-order valence-corrected chi connectivity index (χ3v) is 8.51. The maximum Gasteiger partial charge on any atom is 0.390 e. The largest absolute Gasteiger partial charge is 0.390 e. The number of hydrogen-bond acceptors (Lipinski definition) is 5. The number of halogens is 4. The van der Waals surface area contributed by atoms with Gasteiger partial charge in [-0.15, -0.1) is 0 Å². The lowest BCUT2D eigenvalue weighted by Crippen LogP contribution is -2.49. The second-order valence-corrected chi connectivity index (χ2v) is 11.3. The molecule has 0 N–H and O–H groups in total. The summed E-state index contributed by atoms with van der Waals surface area (Å²) < 4.78 is 76.7. The van der Waals surface area contributed by atoms with Crippen LogP contribution < -0.4 is 0 Å². The van der Waals surface area contributed by atoms with Crippen LogP contribution >= 0.6 is 0 Å². The van der Waals surface area contributed by atoms with Crippen LogP contribution in [0.1, 0.15) is 23.6 Å². The number of aromatic nitrogens is 4. The Labute approximate surface area is 231 Å². The maximum absolute atomic E-state index is 13.5. The zero-order valence-corrected chi connectivity index (χ0v) is 23.0. The van der Waals surface area contributed by atoms with Gasteiger partial charge < -0.3 is 4.74 Å². The molecule has 0 bridgehead atoms. The molecular weight excluding hydrogens is 548 g/mol. The summed E-state index contributed by atoms with van der Waals surface area (Å²) in [7, 11) is 0.0631. The molecule has 1 aliphatic heterocycles. The van der Waals surface area contributed by atoms with Crippen molar-refractivity contribution in [2.45, 2.75) is 37.0 Å². The Kier molecular flexibility index (Phi) is 8.36. The monoisotopic (exact) mass is 578 g/mol. The van der Waals surface area contributed by atoms with Crippen LogP contribution in [0.25, 0.3) is 16.6 Å². The number of hydrogen-bond donors (Lipinski definition) is 0. The number of fused-ring (bicyclic) bond motifs is 1. The molecule has 0 radical (unpaired) electrons. The predicted molar refractivity (Wildman–Crippen MR) is 143 cm³/mol. The molecule has 40 heavy (non-hydrogen) atoms. The third kappa shape index (κ3) is 6.27. The van der Waals surface area contributed by atoms with Crippen molar-refractivity contribution in [3.63, 3.8) is 0 Å². The molecule has 2 unspecified atom stereocenters. The fourth-order valence-corrected chi connectivity index (χ4v) is 6.18. The highest BCUT2D eigenvalue weighted by atomic mass is 32.2. The number of nitrogens with zero attached hydrogens (tertiary/aromatic N) is 6. The van der Waals surface area contributed by atoms with Gasteiger partial charge in [0.15, 0.2) is 0 Å². The quantitative estimate of drug-likeness (QED) is 0.271. The van der Waals surface area contributed by atoms with Gasteiger partial charge in [-0.25, -0.2) is 17.6 Å². The molecule has 0 aliphatic carbocycles. The minimum Gasteiger partial charge on any atom is -0.383 e. The Morgan fingerprint density at radius 2 is 1.85 bits per heavy atom. The Hall–Kier alpha value is -3.13.